The van der Waals surface area contributed by atoms with Gasteiger partial charge in [0.05, 0.1) is 6.04 Å². The second kappa shape index (κ2) is 10.6. The van der Waals surface area contributed by atoms with Crippen LogP contribution in [0.25, 0.3) is 0 Å². The molecule has 1 aromatic carbocycles. The average molecular weight is 401 g/mol. The van der Waals surface area contributed by atoms with E-state index in [1.165, 1.54) is 36.1 Å². The molecule has 2 aromatic rings. The van der Waals surface area contributed by atoms with Crippen molar-refractivity contribution in [3.8, 4) is 5.75 Å². The van der Waals surface area contributed by atoms with E-state index in [9.17, 15) is 4.79 Å². The van der Waals surface area contributed by atoms with E-state index in [0.29, 0.717) is 12.5 Å². The van der Waals surface area contributed by atoms with Crippen LogP contribution in [0.3, 0.4) is 0 Å². The molecule has 0 spiro atoms. The number of hydrogen-bond acceptors (Lipinski definition) is 4. The predicted octanol–water partition coefficient (Wildman–Crippen LogP) is 4.98. The summed E-state index contributed by atoms with van der Waals surface area (Å²) >= 11 is 1.77. The number of amides is 1. The molecule has 4 nitrogen and oxygen atoms in total. The zero-order valence-corrected chi connectivity index (χ0v) is 17.8. The zero-order valence-electron chi connectivity index (χ0n) is 17.0. The third-order valence-electron chi connectivity index (χ3n) is 5.36. The lowest BCUT2D eigenvalue weighted by atomic mass is 10.0. The van der Waals surface area contributed by atoms with Gasteiger partial charge < -0.3 is 10.1 Å². The quantitative estimate of drug-likeness (QED) is 0.679. The SMILES string of the molecule is CC(C)c1ccc(OCC(=O)NC[C@@H](c2cccs2)N2CCCCCC2)cc1. The van der Waals surface area contributed by atoms with Crippen molar-refractivity contribution >= 4 is 17.2 Å². The van der Waals surface area contributed by atoms with E-state index in [0.717, 1.165) is 18.8 Å². The summed E-state index contributed by atoms with van der Waals surface area (Å²) in [6.07, 6.45) is 5.10. The van der Waals surface area contributed by atoms with Gasteiger partial charge in [0.1, 0.15) is 5.75 Å². The van der Waals surface area contributed by atoms with E-state index >= 15 is 0 Å². The lowest BCUT2D eigenvalue weighted by molar-refractivity contribution is -0.123. The van der Waals surface area contributed by atoms with Gasteiger partial charge in [-0.1, -0.05) is 44.9 Å². The Morgan fingerprint density at radius 1 is 1.11 bits per heavy atom. The number of rotatable bonds is 8. The van der Waals surface area contributed by atoms with Crippen molar-refractivity contribution in [3.63, 3.8) is 0 Å². The highest BCUT2D eigenvalue weighted by Crippen LogP contribution is 2.27. The van der Waals surface area contributed by atoms with Crippen molar-refractivity contribution in [2.75, 3.05) is 26.2 Å². The summed E-state index contributed by atoms with van der Waals surface area (Å²) in [7, 11) is 0. The monoisotopic (exact) mass is 400 g/mol. The molecule has 2 heterocycles. The molecule has 3 rings (SSSR count). The van der Waals surface area contributed by atoms with Crippen LogP contribution in [0, 0.1) is 0 Å². The molecule has 1 aromatic heterocycles. The number of carbonyl (C=O) groups is 1. The van der Waals surface area contributed by atoms with Crippen LogP contribution < -0.4 is 10.1 Å². The van der Waals surface area contributed by atoms with E-state index in [-0.39, 0.29) is 18.6 Å². The Hall–Kier alpha value is -1.85. The fraction of sp³-hybridized carbons (Fsp3) is 0.522. The molecular weight excluding hydrogens is 368 g/mol. The molecule has 1 fully saturated rings. The zero-order chi connectivity index (χ0) is 19.8. The number of likely N-dealkylation sites (tertiary alicyclic amines) is 1. The summed E-state index contributed by atoms with van der Waals surface area (Å²) in [5.74, 6) is 1.16. The smallest absolute Gasteiger partial charge is 0.258 e. The van der Waals surface area contributed by atoms with Crippen LogP contribution >= 0.6 is 11.3 Å². The highest BCUT2D eigenvalue weighted by molar-refractivity contribution is 7.10. The number of thiophene rings is 1. The van der Waals surface area contributed by atoms with Gasteiger partial charge in [0, 0.05) is 11.4 Å². The molecule has 1 N–H and O–H groups in total. The maximum atomic E-state index is 12.4. The lowest BCUT2D eigenvalue weighted by Crippen LogP contribution is -2.39. The third-order valence-corrected chi connectivity index (χ3v) is 6.34. The van der Waals surface area contributed by atoms with Gasteiger partial charge in [-0.3, -0.25) is 9.69 Å². The first-order valence-electron chi connectivity index (χ1n) is 10.4. The molecule has 28 heavy (non-hydrogen) atoms. The molecule has 5 heteroatoms. The Labute approximate surface area is 172 Å². The number of nitrogens with one attached hydrogen (secondary N) is 1. The Morgan fingerprint density at radius 3 is 2.43 bits per heavy atom. The number of carbonyl (C=O) groups excluding carboxylic acids is 1. The van der Waals surface area contributed by atoms with Crippen molar-refractivity contribution in [2.24, 2.45) is 0 Å². The Balaban J connectivity index is 1.51. The van der Waals surface area contributed by atoms with Crippen molar-refractivity contribution in [3.05, 3.63) is 52.2 Å². The Bertz CT molecular complexity index is 705. The van der Waals surface area contributed by atoms with Gasteiger partial charge in [0.25, 0.3) is 5.91 Å². The molecule has 1 saturated heterocycles. The second-order valence-corrected chi connectivity index (χ2v) is 8.78. The topological polar surface area (TPSA) is 41.6 Å². The number of hydrogen-bond donors (Lipinski definition) is 1. The fourth-order valence-corrected chi connectivity index (χ4v) is 4.52. The molecule has 0 radical (unpaired) electrons. The number of nitrogens with zero attached hydrogens (tertiary/aromatic N) is 1. The van der Waals surface area contributed by atoms with Gasteiger partial charge in [-0.05, 0) is 61.0 Å². The summed E-state index contributed by atoms with van der Waals surface area (Å²) in [4.78, 5) is 16.2. The minimum atomic E-state index is -0.0654. The summed E-state index contributed by atoms with van der Waals surface area (Å²) in [5, 5.41) is 5.21. The van der Waals surface area contributed by atoms with E-state index in [1.54, 1.807) is 11.3 Å². The number of ether oxygens (including phenoxy) is 1. The normalized spacial score (nSPS) is 16.5. The minimum Gasteiger partial charge on any atom is -0.484 e. The first-order valence-corrected chi connectivity index (χ1v) is 11.3. The standard InChI is InChI=1S/C23H32N2O2S/c1-18(2)19-9-11-20(12-10-19)27-17-23(26)24-16-21(22-8-7-15-28-22)25-13-5-3-4-6-14-25/h7-12,15,18,21H,3-6,13-14,16-17H2,1-2H3,(H,24,26)/t21-/m0/s1. The predicted molar refractivity (Wildman–Crippen MR) is 116 cm³/mol. The maximum absolute atomic E-state index is 12.4. The van der Waals surface area contributed by atoms with E-state index in [4.69, 9.17) is 4.74 Å². The van der Waals surface area contributed by atoms with Crippen LogP contribution in [0.1, 0.15) is 61.9 Å². The van der Waals surface area contributed by atoms with Crippen molar-refractivity contribution < 1.29 is 9.53 Å². The van der Waals surface area contributed by atoms with Gasteiger partial charge in [0.15, 0.2) is 6.61 Å². The molecule has 152 valence electrons. The van der Waals surface area contributed by atoms with Crippen molar-refractivity contribution in [1.82, 2.24) is 10.2 Å². The highest BCUT2D eigenvalue weighted by Gasteiger charge is 2.23. The molecule has 0 aliphatic carbocycles. The Kier molecular flexibility index (Phi) is 7.92. The second-order valence-electron chi connectivity index (χ2n) is 7.80. The van der Waals surface area contributed by atoms with E-state index in [2.05, 4.69) is 53.7 Å². The molecule has 0 bridgehead atoms. The molecule has 1 atom stereocenters. The molecular formula is C23H32N2O2S. The average Bonchev–Trinajstić information content (AvgIpc) is 3.09. The van der Waals surface area contributed by atoms with Crippen LogP contribution in [0.5, 0.6) is 5.75 Å². The lowest BCUT2D eigenvalue weighted by Gasteiger charge is -2.30. The molecule has 1 amide bonds. The molecule has 0 saturated carbocycles. The van der Waals surface area contributed by atoms with Crippen LogP contribution in [0.2, 0.25) is 0 Å². The van der Waals surface area contributed by atoms with Gasteiger partial charge in [-0.2, -0.15) is 0 Å². The van der Waals surface area contributed by atoms with Crippen molar-refractivity contribution in [1.29, 1.82) is 0 Å². The minimum absolute atomic E-state index is 0.0538. The number of benzene rings is 1. The third kappa shape index (κ3) is 6.08. The van der Waals surface area contributed by atoms with Gasteiger partial charge in [0.2, 0.25) is 0 Å². The fourth-order valence-electron chi connectivity index (χ4n) is 3.66. The van der Waals surface area contributed by atoms with Gasteiger partial charge in [-0.25, -0.2) is 0 Å². The Morgan fingerprint density at radius 2 is 1.82 bits per heavy atom. The van der Waals surface area contributed by atoms with E-state index < -0.39 is 0 Å². The maximum Gasteiger partial charge on any atom is 0.258 e. The van der Waals surface area contributed by atoms with Gasteiger partial charge >= 0.3 is 0 Å². The van der Waals surface area contributed by atoms with Crippen molar-refractivity contribution in [2.45, 2.75) is 51.5 Å². The largest absolute Gasteiger partial charge is 0.484 e. The summed E-state index contributed by atoms with van der Waals surface area (Å²) in [6, 6.07) is 12.5. The molecule has 0 unspecified atom stereocenters. The molecule has 1 aliphatic heterocycles. The van der Waals surface area contributed by atoms with Crippen LogP contribution in [0.4, 0.5) is 0 Å². The van der Waals surface area contributed by atoms with Crippen LogP contribution in [-0.4, -0.2) is 37.0 Å². The first kappa shape index (κ1) is 20.9. The first-order chi connectivity index (χ1) is 13.6. The molecule has 1 aliphatic rings. The van der Waals surface area contributed by atoms with Crippen LogP contribution in [-0.2, 0) is 4.79 Å². The summed E-state index contributed by atoms with van der Waals surface area (Å²) < 4.78 is 5.67. The van der Waals surface area contributed by atoms with E-state index in [1.807, 2.05) is 12.1 Å². The summed E-state index contributed by atoms with van der Waals surface area (Å²) in [5.41, 5.74) is 1.27. The highest BCUT2D eigenvalue weighted by atomic mass is 32.1. The summed E-state index contributed by atoms with van der Waals surface area (Å²) in [6.45, 7) is 7.23. The van der Waals surface area contributed by atoms with Gasteiger partial charge in [-0.15, -0.1) is 11.3 Å². The van der Waals surface area contributed by atoms with Crippen LogP contribution in [0.15, 0.2) is 41.8 Å².